The van der Waals surface area contributed by atoms with Gasteiger partial charge in [0, 0.05) is 29.6 Å². The molecule has 0 aliphatic heterocycles. The fourth-order valence-electron chi connectivity index (χ4n) is 3.48. The second-order valence-electron chi connectivity index (χ2n) is 6.74. The number of nitrogens with one attached hydrogen (secondary N) is 2. The molecule has 0 aliphatic rings. The third-order valence-corrected chi connectivity index (χ3v) is 6.37. The van der Waals surface area contributed by atoms with Crippen molar-refractivity contribution < 1.29 is 8.42 Å². The van der Waals surface area contributed by atoms with Gasteiger partial charge in [0.25, 0.3) is 0 Å². The molecule has 0 amide bonds. The van der Waals surface area contributed by atoms with Crippen molar-refractivity contribution in [2.45, 2.75) is 10.8 Å². The van der Waals surface area contributed by atoms with Crippen molar-refractivity contribution in [2.24, 2.45) is 0 Å². The van der Waals surface area contributed by atoms with E-state index in [1.54, 1.807) is 12.1 Å². The van der Waals surface area contributed by atoms with E-state index in [2.05, 4.69) is 9.71 Å². The summed E-state index contributed by atoms with van der Waals surface area (Å²) in [5, 5.41) is 10.1. The van der Waals surface area contributed by atoms with E-state index < -0.39 is 10.0 Å². The molecule has 1 atom stereocenters. The van der Waals surface area contributed by atoms with Crippen LogP contribution in [0.1, 0.15) is 22.6 Å². The van der Waals surface area contributed by atoms with Crippen LogP contribution in [0.25, 0.3) is 10.9 Å². The molecule has 0 spiro atoms. The van der Waals surface area contributed by atoms with Gasteiger partial charge >= 0.3 is 0 Å². The molecular weight excluding hydrogens is 382 g/mol. The van der Waals surface area contributed by atoms with Crippen LogP contribution in [0.2, 0.25) is 0 Å². The van der Waals surface area contributed by atoms with Crippen LogP contribution in [0, 0.1) is 11.3 Å². The van der Waals surface area contributed by atoms with Gasteiger partial charge in [0.15, 0.2) is 0 Å². The van der Waals surface area contributed by atoms with Gasteiger partial charge in [0.05, 0.1) is 16.5 Å². The predicted octanol–water partition coefficient (Wildman–Crippen LogP) is 4.15. The quantitative estimate of drug-likeness (QED) is 0.509. The van der Waals surface area contributed by atoms with Crippen LogP contribution in [-0.2, 0) is 10.0 Å². The maximum absolute atomic E-state index is 12.8. The molecule has 0 radical (unpaired) electrons. The number of hydrogen-bond acceptors (Lipinski definition) is 3. The number of para-hydroxylation sites is 1. The van der Waals surface area contributed by atoms with Crippen LogP contribution in [-0.4, -0.2) is 19.9 Å². The molecule has 3 aromatic carbocycles. The van der Waals surface area contributed by atoms with Gasteiger partial charge in [-0.1, -0.05) is 54.6 Å². The summed E-state index contributed by atoms with van der Waals surface area (Å²) in [6, 6.07) is 25.8. The molecule has 5 nitrogen and oxygen atoms in total. The van der Waals surface area contributed by atoms with Crippen molar-refractivity contribution in [3.05, 3.63) is 102 Å². The summed E-state index contributed by atoms with van der Waals surface area (Å²) in [6.45, 7) is 0.199. The summed E-state index contributed by atoms with van der Waals surface area (Å²) in [5.41, 5.74) is 3.36. The van der Waals surface area contributed by atoms with E-state index in [0.717, 1.165) is 22.0 Å². The summed E-state index contributed by atoms with van der Waals surface area (Å²) in [4.78, 5) is 3.35. The number of sulfonamides is 1. The smallest absolute Gasteiger partial charge is 0.240 e. The first-order valence-electron chi connectivity index (χ1n) is 9.19. The molecule has 0 saturated carbocycles. The van der Waals surface area contributed by atoms with Crippen molar-refractivity contribution >= 4 is 20.9 Å². The molecule has 29 heavy (non-hydrogen) atoms. The first kappa shape index (κ1) is 18.9. The number of rotatable bonds is 6. The highest BCUT2D eigenvalue weighted by Crippen LogP contribution is 2.30. The average molecular weight is 401 g/mol. The zero-order valence-electron chi connectivity index (χ0n) is 15.5. The molecule has 4 aromatic rings. The Hall–Kier alpha value is -3.40. The summed E-state index contributed by atoms with van der Waals surface area (Å²) in [5.74, 6) is -0.165. The van der Waals surface area contributed by atoms with Crippen LogP contribution in [0.15, 0.2) is 90.0 Å². The molecule has 0 aliphatic carbocycles. The Balaban J connectivity index is 1.69. The summed E-state index contributed by atoms with van der Waals surface area (Å²) >= 11 is 0. The third kappa shape index (κ3) is 3.92. The molecule has 4 rings (SSSR count). The average Bonchev–Trinajstić information content (AvgIpc) is 3.19. The number of nitriles is 1. The fourth-order valence-corrected chi connectivity index (χ4v) is 4.58. The summed E-state index contributed by atoms with van der Waals surface area (Å²) < 4.78 is 28.4. The highest BCUT2D eigenvalue weighted by molar-refractivity contribution is 7.89. The molecule has 1 heterocycles. The number of H-pyrrole nitrogens is 1. The first-order valence-corrected chi connectivity index (χ1v) is 10.7. The van der Waals surface area contributed by atoms with Crippen LogP contribution in [0.5, 0.6) is 0 Å². The predicted molar refractivity (Wildman–Crippen MR) is 113 cm³/mol. The highest BCUT2D eigenvalue weighted by Gasteiger charge is 2.22. The van der Waals surface area contributed by atoms with Crippen LogP contribution >= 0.6 is 0 Å². The standard InChI is InChI=1S/C23H19N3O2S/c24-14-17-7-6-10-19(13-17)29(27,28)26-16-21(18-8-2-1-3-9-18)22-15-25-23-12-5-4-11-20(22)23/h1-13,15,21,25-26H,16H2. The van der Waals surface area contributed by atoms with E-state index in [4.69, 9.17) is 5.26 Å². The highest BCUT2D eigenvalue weighted by atomic mass is 32.2. The van der Waals surface area contributed by atoms with Crippen LogP contribution in [0.4, 0.5) is 0 Å². The Bertz CT molecular complexity index is 1290. The maximum atomic E-state index is 12.8. The fraction of sp³-hybridized carbons (Fsp3) is 0.0870. The minimum atomic E-state index is -3.75. The first-order chi connectivity index (χ1) is 14.1. The van der Waals surface area contributed by atoms with Crippen molar-refractivity contribution in [1.29, 1.82) is 5.26 Å². The minimum absolute atomic E-state index is 0.0855. The Morgan fingerprint density at radius 1 is 0.966 bits per heavy atom. The number of aromatic amines is 1. The SMILES string of the molecule is N#Cc1cccc(S(=O)(=O)NCC(c2ccccc2)c2c[nH]c3ccccc23)c1. The molecular formula is C23H19N3O2S. The van der Waals surface area contributed by atoms with Gasteiger partial charge in [-0.2, -0.15) is 5.26 Å². The zero-order chi connectivity index (χ0) is 20.3. The lowest BCUT2D eigenvalue weighted by Crippen LogP contribution is -2.29. The van der Waals surface area contributed by atoms with E-state index in [1.807, 2.05) is 66.9 Å². The zero-order valence-corrected chi connectivity index (χ0v) is 16.4. The maximum Gasteiger partial charge on any atom is 0.240 e. The lowest BCUT2D eigenvalue weighted by molar-refractivity contribution is 0.577. The van der Waals surface area contributed by atoms with E-state index in [1.165, 1.54) is 12.1 Å². The number of fused-ring (bicyclic) bond motifs is 1. The van der Waals surface area contributed by atoms with Gasteiger partial charge in [-0.15, -0.1) is 0 Å². The Morgan fingerprint density at radius 3 is 2.52 bits per heavy atom. The van der Waals surface area contributed by atoms with Crippen LogP contribution in [0.3, 0.4) is 0 Å². The van der Waals surface area contributed by atoms with Gasteiger partial charge in [-0.3, -0.25) is 0 Å². The molecule has 0 fully saturated rings. The van der Waals surface area contributed by atoms with Crippen molar-refractivity contribution in [3.63, 3.8) is 0 Å². The van der Waals surface area contributed by atoms with Crippen molar-refractivity contribution in [1.82, 2.24) is 9.71 Å². The molecule has 6 heteroatoms. The minimum Gasteiger partial charge on any atom is -0.361 e. The number of aromatic nitrogens is 1. The molecule has 144 valence electrons. The largest absolute Gasteiger partial charge is 0.361 e. The summed E-state index contributed by atoms with van der Waals surface area (Å²) in [6.07, 6.45) is 1.94. The van der Waals surface area contributed by atoms with Gasteiger partial charge in [0.1, 0.15) is 0 Å². The summed E-state index contributed by atoms with van der Waals surface area (Å²) in [7, 11) is -3.75. The topological polar surface area (TPSA) is 85.8 Å². The molecule has 2 N–H and O–H groups in total. The molecule has 1 aromatic heterocycles. The number of benzene rings is 3. The van der Waals surface area contributed by atoms with Gasteiger partial charge in [-0.25, -0.2) is 13.1 Å². The molecule has 1 unspecified atom stereocenters. The Kier molecular flexibility index (Phi) is 5.17. The molecule has 0 saturated heterocycles. The second-order valence-corrected chi connectivity index (χ2v) is 8.51. The van der Waals surface area contributed by atoms with Gasteiger partial charge < -0.3 is 4.98 Å². The normalized spacial score (nSPS) is 12.5. The second kappa shape index (κ2) is 7.92. The van der Waals surface area contributed by atoms with Gasteiger partial charge in [-0.05, 0) is 35.4 Å². The lowest BCUT2D eigenvalue weighted by atomic mass is 9.91. The monoisotopic (exact) mass is 401 g/mol. The third-order valence-electron chi connectivity index (χ3n) is 4.95. The Labute approximate surface area is 169 Å². The van der Waals surface area contributed by atoms with E-state index in [-0.39, 0.29) is 17.4 Å². The number of hydrogen-bond donors (Lipinski definition) is 2. The van der Waals surface area contributed by atoms with Gasteiger partial charge in [0.2, 0.25) is 10.0 Å². The van der Waals surface area contributed by atoms with E-state index in [0.29, 0.717) is 5.56 Å². The van der Waals surface area contributed by atoms with Crippen molar-refractivity contribution in [2.75, 3.05) is 6.54 Å². The Morgan fingerprint density at radius 2 is 1.72 bits per heavy atom. The van der Waals surface area contributed by atoms with E-state index >= 15 is 0 Å². The van der Waals surface area contributed by atoms with Crippen LogP contribution < -0.4 is 4.72 Å². The van der Waals surface area contributed by atoms with Crippen molar-refractivity contribution in [3.8, 4) is 6.07 Å². The lowest BCUT2D eigenvalue weighted by Gasteiger charge is -2.18. The van der Waals surface area contributed by atoms with E-state index in [9.17, 15) is 8.42 Å². The number of nitrogens with zero attached hydrogens (tertiary/aromatic N) is 1. The molecule has 0 bridgehead atoms.